The van der Waals surface area contributed by atoms with Crippen molar-refractivity contribution in [3.05, 3.63) is 25.3 Å². The Kier molecular flexibility index (Phi) is 17.6. The number of rotatable bonds is 15. The lowest BCUT2D eigenvalue weighted by Crippen LogP contribution is -3.00. The van der Waals surface area contributed by atoms with Crippen molar-refractivity contribution in [3.63, 3.8) is 0 Å². The van der Waals surface area contributed by atoms with Gasteiger partial charge < -0.3 is 16.9 Å². The van der Waals surface area contributed by atoms with Crippen LogP contribution in [0.4, 0.5) is 0 Å². The Labute approximate surface area is 140 Å². The van der Waals surface area contributed by atoms with Crippen LogP contribution in [-0.2, 0) is 0 Å². The van der Waals surface area contributed by atoms with Crippen LogP contribution in [-0.4, -0.2) is 31.2 Å². The minimum Gasteiger partial charge on any atom is -1.00 e. The SMILES string of the molecule is C=CC[N+](C)(CC=C)CCCCCCCCCCCC.[Cl-]. The van der Waals surface area contributed by atoms with Crippen molar-refractivity contribution in [2.24, 2.45) is 0 Å². The molecule has 0 aliphatic heterocycles. The lowest BCUT2D eigenvalue weighted by Gasteiger charge is -2.32. The molecule has 0 heterocycles. The second kappa shape index (κ2) is 16.1. The molecule has 0 aliphatic rings. The van der Waals surface area contributed by atoms with E-state index >= 15 is 0 Å². The number of nitrogens with zero attached hydrogens (tertiary/aromatic N) is 1. The van der Waals surface area contributed by atoms with Gasteiger partial charge >= 0.3 is 0 Å². The zero-order valence-corrected chi connectivity index (χ0v) is 15.3. The summed E-state index contributed by atoms with van der Waals surface area (Å²) in [6.07, 6.45) is 18.2. The Morgan fingerprint density at radius 1 is 0.714 bits per heavy atom. The van der Waals surface area contributed by atoms with Gasteiger partial charge in [0.15, 0.2) is 0 Å². The Morgan fingerprint density at radius 2 is 1.10 bits per heavy atom. The van der Waals surface area contributed by atoms with E-state index in [4.69, 9.17) is 0 Å². The summed E-state index contributed by atoms with van der Waals surface area (Å²) in [7, 11) is 2.32. The van der Waals surface area contributed by atoms with Crippen LogP contribution in [0.3, 0.4) is 0 Å². The third-order valence-electron chi connectivity index (χ3n) is 4.19. The molecule has 0 aromatic carbocycles. The van der Waals surface area contributed by atoms with Crippen molar-refractivity contribution in [3.8, 4) is 0 Å². The van der Waals surface area contributed by atoms with Gasteiger partial charge in [-0.05, 0) is 25.0 Å². The first-order valence-electron chi connectivity index (χ1n) is 8.74. The minimum atomic E-state index is 0. The number of unbranched alkanes of at least 4 members (excludes halogenated alkanes) is 9. The van der Waals surface area contributed by atoms with Gasteiger partial charge in [-0.3, -0.25) is 0 Å². The molecule has 2 heteroatoms. The first-order valence-corrected chi connectivity index (χ1v) is 8.74. The molecule has 0 N–H and O–H groups in total. The summed E-state index contributed by atoms with van der Waals surface area (Å²) in [4.78, 5) is 0. The Balaban J connectivity index is 0. The van der Waals surface area contributed by atoms with E-state index in [1.54, 1.807) is 0 Å². The molecular formula is C19H38ClN. The molecule has 0 unspecified atom stereocenters. The van der Waals surface area contributed by atoms with E-state index in [0.29, 0.717) is 0 Å². The van der Waals surface area contributed by atoms with Crippen LogP contribution in [0.1, 0.15) is 71.1 Å². The fraction of sp³-hybridized carbons (Fsp3) is 0.789. The Hall–Kier alpha value is -0.270. The average Bonchev–Trinajstić information content (AvgIpc) is 2.41. The van der Waals surface area contributed by atoms with E-state index in [-0.39, 0.29) is 12.4 Å². The molecule has 0 aromatic rings. The van der Waals surface area contributed by atoms with E-state index < -0.39 is 0 Å². The summed E-state index contributed by atoms with van der Waals surface area (Å²) in [5.41, 5.74) is 0. The van der Waals surface area contributed by atoms with Crippen molar-refractivity contribution in [2.45, 2.75) is 71.1 Å². The van der Waals surface area contributed by atoms with E-state index in [0.717, 1.165) is 17.6 Å². The fourth-order valence-electron chi connectivity index (χ4n) is 2.86. The van der Waals surface area contributed by atoms with Gasteiger partial charge in [-0.1, -0.05) is 71.4 Å². The predicted molar refractivity (Wildman–Crippen MR) is 93.0 cm³/mol. The molecule has 0 saturated heterocycles. The average molecular weight is 316 g/mol. The molecule has 0 atom stereocenters. The number of quaternary nitrogens is 1. The van der Waals surface area contributed by atoms with E-state index in [9.17, 15) is 0 Å². The fourth-order valence-corrected chi connectivity index (χ4v) is 2.86. The van der Waals surface area contributed by atoms with Crippen LogP contribution in [0.15, 0.2) is 25.3 Å². The molecule has 21 heavy (non-hydrogen) atoms. The van der Waals surface area contributed by atoms with Crippen molar-refractivity contribution in [1.29, 1.82) is 0 Å². The van der Waals surface area contributed by atoms with Crippen molar-refractivity contribution in [2.75, 3.05) is 26.7 Å². The molecule has 0 aromatic heterocycles. The molecular weight excluding hydrogens is 278 g/mol. The van der Waals surface area contributed by atoms with Crippen LogP contribution < -0.4 is 12.4 Å². The highest BCUT2D eigenvalue weighted by atomic mass is 35.5. The van der Waals surface area contributed by atoms with E-state index in [1.165, 1.54) is 70.8 Å². The summed E-state index contributed by atoms with van der Waals surface area (Å²) >= 11 is 0. The lowest BCUT2D eigenvalue weighted by atomic mass is 10.1. The minimum absolute atomic E-state index is 0. The van der Waals surface area contributed by atoms with Crippen molar-refractivity contribution >= 4 is 0 Å². The molecule has 0 fully saturated rings. The van der Waals surface area contributed by atoms with Gasteiger partial charge in [0.05, 0.1) is 26.7 Å². The summed E-state index contributed by atoms with van der Waals surface area (Å²) < 4.78 is 1.07. The maximum Gasteiger partial charge on any atom is 0.0971 e. The second-order valence-corrected chi connectivity index (χ2v) is 6.47. The molecule has 1 nitrogen and oxygen atoms in total. The Bertz CT molecular complexity index is 228. The monoisotopic (exact) mass is 315 g/mol. The first-order chi connectivity index (χ1) is 9.68. The van der Waals surface area contributed by atoms with Crippen LogP contribution in [0, 0.1) is 0 Å². The molecule has 0 spiro atoms. The predicted octanol–water partition coefficient (Wildman–Crippen LogP) is 2.73. The van der Waals surface area contributed by atoms with Gasteiger partial charge in [0.2, 0.25) is 0 Å². The number of halogens is 1. The maximum absolute atomic E-state index is 3.88. The smallest absolute Gasteiger partial charge is 0.0971 e. The highest BCUT2D eigenvalue weighted by Crippen LogP contribution is 2.12. The summed E-state index contributed by atoms with van der Waals surface area (Å²) in [6, 6.07) is 0. The van der Waals surface area contributed by atoms with Crippen LogP contribution in [0.2, 0.25) is 0 Å². The largest absolute Gasteiger partial charge is 1.00 e. The Morgan fingerprint density at radius 3 is 1.48 bits per heavy atom. The van der Waals surface area contributed by atoms with Crippen molar-refractivity contribution < 1.29 is 16.9 Å². The molecule has 0 rings (SSSR count). The highest BCUT2D eigenvalue weighted by molar-refractivity contribution is 4.71. The summed E-state index contributed by atoms with van der Waals surface area (Å²) in [6.45, 7) is 13.4. The van der Waals surface area contributed by atoms with Gasteiger partial charge in [0.1, 0.15) is 0 Å². The normalized spacial score (nSPS) is 11.0. The molecule has 0 radical (unpaired) electrons. The number of hydrogen-bond acceptors (Lipinski definition) is 0. The molecule has 126 valence electrons. The third-order valence-corrected chi connectivity index (χ3v) is 4.19. The van der Waals surface area contributed by atoms with Crippen LogP contribution >= 0.6 is 0 Å². The topological polar surface area (TPSA) is 0 Å². The quantitative estimate of drug-likeness (QED) is 0.248. The lowest BCUT2D eigenvalue weighted by molar-refractivity contribution is -0.898. The van der Waals surface area contributed by atoms with Gasteiger partial charge in [-0.2, -0.15) is 0 Å². The number of hydrogen-bond donors (Lipinski definition) is 0. The number of likely N-dealkylation sites (N-methyl/N-ethyl adjacent to an activating group) is 1. The van der Waals surface area contributed by atoms with Gasteiger partial charge in [0, 0.05) is 0 Å². The zero-order chi connectivity index (χ0) is 15.1. The van der Waals surface area contributed by atoms with Gasteiger partial charge in [-0.25, -0.2) is 0 Å². The molecule has 0 amide bonds. The molecule has 0 aliphatic carbocycles. The van der Waals surface area contributed by atoms with Crippen molar-refractivity contribution in [1.82, 2.24) is 0 Å². The standard InChI is InChI=1S/C19H38N.ClH/c1-5-8-9-10-11-12-13-14-15-16-19-20(4,17-6-2)18-7-3;/h6-7H,2-3,5,8-19H2,1,4H3;1H/q+1;/p-1. The highest BCUT2D eigenvalue weighted by Gasteiger charge is 2.16. The summed E-state index contributed by atoms with van der Waals surface area (Å²) in [5, 5.41) is 0. The zero-order valence-electron chi connectivity index (χ0n) is 14.6. The van der Waals surface area contributed by atoms with E-state index in [1.807, 2.05) is 12.2 Å². The van der Waals surface area contributed by atoms with Gasteiger partial charge in [-0.15, -0.1) is 0 Å². The maximum atomic E-state index is 3.88. The molecule has 0 saturated carbocycles. The second-order valence-electron chi connectivity index (χ2n) is 6.47. The van der Waals surface area contributed by atoms with Crippen LogP contribution in [0.5, 0.6) is 0 Å². The van der Waals surface area contributed by atoms with E-state index in [2.05, 4.69) is 27.1 Å². The van der Waals surface area contributed by atoms with Gasteiger partial charge in [0.25, 0.3) is 0 Å². The third kappa shape index (κ3) is 14.4. The first kappa shape index (κ1) is 23.0. The van der Waals surface area contributed by atoms with Crippen LogP contribution in [0.25, 0.3) is 0 Å². The molecule has 0 bridgehead atoms. The summed E-state index contributed by atoms with van der Waals surface area (Å²) in [5.74, 6) is 0.